The highest BCUT2D eigenvalue weighted by molar-refractivity contribution is 6.04. The molecule has 204 valence electrons. The van der Waals surface area contributed by atoms with Crippen LogP contribution in [0.25, 0.3) is 33.3 Å². The molecule has 0 aliphatic heterocycles. The minimum absolute atomic E-state index is 0.420. The fraction of sp³-hybridized carbons (Fsp3) is 0.444. The molecule has 2 saturated carbocycles. The number of aryl methyl sites for hydroxylation is 1. The summed E-state index contributed by atoms with van der Waals surface area (Å²) >= 11 is 0. The number of aromatic nitrogens is 1. The molecule has 0 bridgehead atoms. The zero-order valence-corrected chi connectivity index (χ0v) is 23.6. The summed E-state index contributed by atoms with van der Waals surface area (Å²) in [6.45, 7) is 3.55. The highest BCUT2D eigenvalue weighted by atomic mass is 16.3. The van der Waals surface area contributed by atoms with Crippen molar-refractivity contribution < 1.29 is 5.11 Å². The van der Waals surface area contributed by atoms with Crippen molar-refractivity contribution in [3.8, 4) is 22.4 Å². The van der Waals surface area contributed by atoms with Crippen molar-refractivity contribution in [3.05, 3.63) is 84.4 Å². The zero-order chi connectivity index (χ0) is 26.6. The van der Waals surface area contributed by atoms with Gasteiger partial charge in [0.25, 0.3) is 0 Å². The highest BCUT2D eigenvalue weighted by Gasteiger charge is 2.31. The van der Waals surface area contributed by atoms with Gasteiger partial charge in [-0.15, -0.1) is 0 Å². The van der Waals surface area contributed by atoms with Gasteiger partial charge in [0, 0.05) is 35.1 Å². The maximum atomic E-state index is 11.8. The van der Waals surface area contributed by atoms with Gasteiger partial charge in [-0.05, 0) is 55.9 Å². The molecule has 0 saturated heterocycles. The minimum atomic E-state index is -0.420. The van der Waals surface area contributed by atoms with Crippen molar-refractivity contribution in [2.24, 2.45) is 0 Å². The van der Waals surface area contributed by atoms with Crippen molar-refractivity contribution in [2.45, 2.75) is 95.9 Å². The van der Waals surface area contributed by atoms with Crippen LogP contribution in [0.4, 0.5) is 0 Å². The van der Waals surface area contributed by atoms with E-state index >= 15 is 0 Å². The van der Waals surface area contributed by atoms with Gasteiger partial charge < -0.3 is 9.67 Å². The SMILES string of the molecule is Cc1ccc2c(c1)c(-c1ccccc1)c(-c1ccccc1)n2C[C@H](O)CN(C1CCCCC1)C1CCCCC1. The number of aliphatic hydroxyl groups is 1. The Hall–Kier alpha value is -2.88. The Bertz CT molecular complexity index is 1330. The molecule has 0 spiro atoms. The van der Waals surface area contributed by atoms with Crippen LogP contribution in [0.3, 0.4) is 0 Å². The number of nitrogens with zero attached hydrogens (tertiary/aromatic N) is 2. The van der Waals surface area contributed by atoms with Crippen LogP contribution in [0.5, 0.6) is 0 Å². The molecular weight excluding hydrogens is 476 g/mol. The van der Waals surface area contributed by atoms with Gasteiger partial charge >= 0.3 is 0 Å². The molecule has 1 N–H and O–H groups in total. The van der Waals surface area contributed by atoms with E-state index in [1.54, 1.807) is 0 Å². The molecule has 1 atom stereocenters. The van der Waals surface area contributed by atoms with Gasteiger partial charge in [-0.1, -0.05) is 111 Å². The van der Waals surface area contributed by atoms with E-state index in [4.69, 9.17) is 0 Å². The zero-order valence-electron chi connectivity index (χ0n) is 23.6. The molecule has 0 radical (unpaired) electrons. The quantitative estimate of drug-likeness (QED) is 0.252. The first-order valence-electron chi connectivity index (χ1n) is 15.4. The lowest BCUT2D eigenvalue weighted by Crippen LogP contribution is -2.49. The molecule has 0 unspecified atom stereocenters. The summed E-state index contributed by atoms with van der Waals surface area (Å²) < 4.78 is 2.41. The van der Waals surface area contributed by atoms with Gasteiger partial charge in [-0.3, -0.25) is 4.90 Å². The van der Waals surface area contributed by atoms with Gasteiger partial charge in [0.15, 0.2) is 0 Å². The summed E-state index contributed by atoms with van der Waals surface area (Å²) in [6.07, 6.45) is 12.8. The van der Waals surface area contributed by atoms with E-state index in [-0.39, 0.29) is 0 Å². The summed E-state index contributed by atoms with van der Waals surface area (Å²) in [5.41, 5.74) is 7.38. The molecule has 1 aromatic heterocycles. The molecule has 2 aliphatic carbocycles. The third kappa shape index (κ3) is 5.71. The number of benzene rings is 3. The van der Waals surface area contributed by atoms with Crippen molar-refractivity contribution >= 4 is 10.9 Å². The van der Waals surface area contributed by atoms with Gasteiger partial charge in [0.1, 0.15) is 0 Å². The topological polar surface area (TPSA) is 28.4 Å². The monoisotopic (exact) mass is 520 g/mol. The third-order valence-electron chi connectivity index (χ3n) is 9.23. The second kappa shape index (κ2) is 12.1. The molecule has 3 aromatic carbocycles. The second-order valence-electron chi connectivity index (χ2n) is 12.0. The predicted octanol–water partition coefficient (Wildman–Crippen LogP) is 8.61. The Balaban J connectivity index is 1.41. The Kier molecular flexibility index (Phi) is 8.18. The summed E-state index contributed by atoms with van der Waals surface area (Å²) in [6, 6.07) is 29.6. The third-order valence-corrected chi connectivity index (χ3v) is 9.23. The number of hydrogen-bond donors (Lipinski definition) is 1. The van der Waals surface area contributed by atoms with Gasteiger partial charge in [0.05, 0.1) is 18.3 Å². The van der Waals surface area contributed by atoms with Crippen LogP contribution in [0.2, 0.25) is 0 Å². The summed E-state index contributed by atoms with van der Waals surface area (Å²) in [4.78, 5) is 2.75. The number of hydrogen-bond acceptors (Lipinski definition) is 2. The molecule has 3 nitrogen and oxygen atoms in total. The number of rotatable bonds is 8. The molecule has 1 heterocycles. The number of aliphatic hydroxyl groups excluding tert-OH is 1. The maximum absolute atomic E-state index is 11.8. The van der Waals surface area contributed by atoms with Crippen LogP contribution in [0.1, 0.15) is 69.8 Å². The fourth-order valence-corrected chi connectivity index (χ4v) is 7.38. The van der Waals surface area contributed by atoms with Gasteiger partial charge in [-0.2, -0.15) is 0 Å². The van der Waals surface area contributed by atoms with E-state index in [0.29, 0.717) is 18.6 Å². The second-order valence-corrected chi connectivity index (χ2v) is 12.0. The Morgan fingerprint density at radius 3 is 1.90 bits per heavy atom. The van der Waals surface area contributed by atoms with E-state index in [9.17, 15) is 5.11 Å². The van der Waals surface area contributed by atoms with E-state index < -0.39 is 6.10 Å². The van der Waals surface area contributed by atoms with E-state index in [0.717, 1.165) is 6.54 Å². The van der Waals surface area contributed by atoms with Crippen molar-refractivity contribution in [2.75, 3.05) is 6.54 Å². The molecule has 2 aliphatic rings. The van der Waals surface area contributed by atoms with Gasteiger partial charge in [-0.25, -0.2) is 0 Å². The summed E-state index contributed by atoms with van der Waals surface area (Å²) in [7, 11) is 0. The average Bonchev–Trinajstić information content (AvgIpc) is 3.30. The first-order chi connectivity index (χ1) is 19.2. The Labute approximate surface area is 234 Å². The van der Waals surface area contributed by atoms with Crippen LogP contribution in [-0.2, 0) is 6.54 Å². The lowest BCUT2D eigenvalue weighted by atomic mass is 9.88. The number of fused-ring (bicyclic) bond motifs is 1. The smallest absolute Gasteiger partial charge is 0.0846 e. The van der Waals surface area contributed by atoms with E-state index in [1.165, 1.54) is 103 Å². The predicted molar refractivity (Wildman–Crippen MR) is 164 cm³/mol. The van der Waals surface area contributed by atoms with Crippen LogP contribution < -0.4 is 0 Å². The average molecular weight is 521 g/mol. The van der Waals surface area contributed by atoms with Crippen molar-refractivity contribution in [1.82, 2.24) is 9.47 Å². The first kappa shape index (κ1) is 26.3. The summed E-state index contributed by atoms with van der Waals surface area (Å²) in [5, 5.41) is 13.1. The van der Waals surface area contributed by atoms with Crippen molar-refractivity contribution in [1.29, 1.82) is 0 Å². The van der Waals surface area contributed by atoms with E-state index in [1.807, 2.05) is 0 Å². The van der Waals surface area contributed by atoms with E-state index in [2.05, 4.69) is 95.3 Å². The van der Waals surface area contributed by atoms with Crippen molar-refractivity contribution in [3.63, 3.8) is 0 Å². The largest absolute Gasteiger partial charge is 0.390 e. The molecule has 0 amide bonds. The lowest BCUT2D eigenvalue weighted by Gasteiger charge is -2.42. The van der Waals surface area contributed by atoms with Crippen LogP contribution >= 0.6 is 0 Å². The molecule has 2 fully saturated rings. The molecule has 4 aromatic rings. The molecule has 6 rings (SSSR count). The lowest BCUT2D eigenvalue weighted by molar-refractivity contribution is 0.0240. The first-order valence-corrected chi connectivity index (χ1v) is 15.4. The Morgan fingerprint density at radius 1 is 0.744 bits per heavy atom. The van der Waals surface area contributed by atoms with Gasteiger partial charge in [0.2, 0.25) is 0 Å². The van der Waals surface area contributed by atoms with Crippen LogP contribution in [0, 0.1) is 6.92 Å². The maximum Gasteiger partial charge on any atom is 0.0846 e. The molecule has 39 heavy (non-hydrogen) atoms. The van der Waals surface area contributed by atoms with Crippen LogP contribution in [0.15, 0.2) is 78.9 Å². The molecule has 3 heteroatoms. The summed E-state index contributed by atoms with van der Waals surface area (Å²) in [5.74, 6) is 0. The van der Waals surface area contributed by atoms with Crippen LogP contribution in [-0.4, -0.2) is 39.3 Å². The normalized spacial score (nSPS) is 18.1. The fourth-order valence-electron chi connectivity index (χ4n) is 7.38. The molecular formula is C36H44N2O. The standard InChI is InChI=1S/C36H44N2O/c1-27-22-23-34-33(24-27)35(28-14-6-2-7-15-28)36(29-16-8-3-9-17-29)38(34)26-32(39)25-37(30-18-10-4-11-19-30)31-20-12-5-13-21-31/h2-3,6-9,14-17,22-24,30-32,39H,4-5,10-13,18-21,25-26H2,1H3/t32-/m1/s1. The Morgan fingerprint density at radius 2 is 1.31 bits per heavy atom. The minimum Gasteiger partial charge on any atom is -0.390 e. The highest BCUT2D eigenvalue weighted by Crippen LogP contribution is 2.41.